The average Bonchev–Trinajstić information content (AvgIpc) is 3.02. The minimum atomic E-state index is -0.503. The fourth-order valence-corrected chi connectivity index (χ4v) is 2.27. The molecule has 1 atom stereocenters. The van der Waals surface area contributed by atoms with E-state index < -0.39 is 4.92 Å². The molecule has 3 N–H and O–H groups in total. The van der Waals surface area contributed by atoms with Gasteiger partial charge in [-0.2, -0.15) is 0 Å². The molecule has 8 heteroatoms. The number of hydrogen-bond donors (Lipinski definition) is 2. The minimum Gasteiger partial charge on any atom is -0.350 e. The van der Waals surface area contributed by atoms with Crippen molar-refractivity contribution in [3.63, 3.8) is 0 Å². The monoisotopic (exact) mass is 291 g/mol. The van der Waals surface area contributed by atoms with Gasteiger partial charge in [0.15, 0.2) is 0 Å². The number of rotatable bonds is 5. The number of thiophene rings is 1. The zero-order chi connectivity index (χ0) is 12.4. The number of nitrogens with zero attached hydrogens (tertiary/aromatic N) is 1. The molecule has 2 rings (SSSR count). The Kier molecular flexibility index (Phi) is 5.06. The Hall–Kier alpha value is -1.18. The third-order valence-corrected chi connectivity index (χ3v) is 3.76. The van der Waals surface area contributed by atoms with Gasteiger partial charge in [-0.3, -0.25) is 14.9 Å². The number of hydrogen-bond acceptors (Lipinski definition) is 5. The van der Waals surface area contributed by atoms with Crippen LogP contribution in [-0.4, -0.2) is 23.4 Å². The number of nitrogens with one attached hydrogen (secondary N) is 1. The Balaban J connectivity index is 0.00000162. The summed E-state index contributed by atoms with van der Waals surface area (Å²) in [6.07, 6.45) is 2.25. The summed E-state index contributed by atoms with van der Waals surface area (Å²) in [5.74, 6) is 0.229. The Morgan fingerprint density at radius 1 is 1.61 bits per heavy atom. The molecular formula is C10H14ClN3O3S. The highest BCUT2D eigenvalue weighted by molar-refractivity contribution is 7.17. The largest absolute Gasteiger partial charge is 0.350 e. The van der Waals surface area contributed by atoms with Crippen LogP contribution in [0.4, 0.5) is 5.00 Å². The zero-order valence-corrected chi connectivity index (χ0v) is 11.1. The molecule has 1 aromatic rings. The lowest BCUT2D eigenvalue weighted by Crippen LogP contribution is -2.38. The first-order valence-electron chi connectivity index (χ1n) is 5.36. The summed E-state index contributed by atoms with van der Waals surface area (Å²) in [5, 5.41) is 13.1. The summed E-state index contributed by atoms with van der Waals surface area (Å²) >= 11 is 0.873. The molecule has 1 heterocycles. The highest BCUT2D eigenvalue weighted by atomic mass is 35.5. The number of carbonyl (C=O) groups is 1. The van der Waals surface area contributed by atoms with Gasteiger partial charge in [0.1, 0.15) is 0 Å². The van der Waals surface area contributed by atoms with Gasteiger partial charge < -0.3 is 11.1 Å². The molecule has 0 saturated heterocycles. The van der Waals surface area contributed by atoms with Crippen LogP contribution in [0.1, 0.15) is 22.5 Å². The van der Waals surface area contributed by atoms with E-state index in [0.29, 0.717) is 17.3 Å². The van der Waals surface area contributed by atoms with Crippen molar-refractivity contribution in [2.24, 2.45) is 11.7 Å². The molecule has 0 radical (unpaired) electrons. The summed E-state index contributed by atoms with van der Waals surface area (Å²) < 4.78 is 0. The van der Waals surface area contributed by atoms with Crippen molar-refractivity contribution in [3.8, 4) is 0 Å². The molecule has 100 valence electrons. The lowest BCUT2D eigenvalue weighted by molar-refractivity contribution is -0.380. The molecular weight excluding hydrogens is 278 g/mol. The molecule has 0 bridgehead atoms. The van der Waals surface area contributed by atoms with Gasteiger partial charge in [0.25, 0.3) is 5.91 Å². The predicted octanol–water partition coefficient (Wildman–Crippen LogP) is 1.55. The Morgan fingerprint density at radius 2 is 2.28 bits per heavy atom. The lowest BCUT2D eigenvalue weighted by atomic mass is 10.2. The van der Waals surface area contributed by atoms with Gasteiger partial charge in [-0.1, -0.05) is 11.3 Å². The van der Waals surface area contributed by atoms with Crippen molar-refractivity contribution in [2.45, 2.75) is 18.9 Å². The maximum Gasteiger partial charge on any atom is 0.324 e. The first-order chi connectivity index (χ1) is 8.08. The SMILES string of the molecule is Cl.NC(CNC(=O)c1ccc([N+](=O)[O-])s1)C1CC1. The molecule has 1 saturated carbocycles. The second-order valence-electron chi connectivity index (χ2n) is 4.11. The van der Waals surface area contributed by atoms with Gasteiger partial charge in [-0.05, 0) is 24.8 Å². The number of halogens is 1. The molecule has 1 amide bonds. The Labute approximate surface area is 114 Å². The number of nitro groups is 1. The van der Waals surface area contributed by atoms with Crippen LogP contribution in [-0.2, 0) is 0 Å². The quantitative estimate of drug-likeness (QED) is 0.635. The van der Waals surface area contributed by atoms with Gasteiger partial charge in [0, 0.05) is 18.7 Å². The van der Waals surface area contributed by atoms with Crippen LogP contribution >= 0.6 is 23.7 Å². The third-order valence-electron chi connectivity index (χ3n) is 2.72. The third kappa shape index (κ3) is 3.66. The van der Waals surface area contributed by atoms with Crippen molar-refractivity contribution in [2.75, 3.05) is 6.54 Å². The maximum atomic E-state index is 11.6. The molecule has 1 aliphatic rings. The van der Waals surface area contributed by atoms with Crippen LogP contribution in [0.2, 0.25) is 0 Å². The van der Waals surface area contributed by atoms with Gasteiger partial charge in [-0.25, -0.2) is 0 Å². The van der Waals surface area contributed by atoms with Gasteiger partial charge in [-0.15, -0.1) is 12.4 Å². The van der Waals surface area contributed by atoms with Gasteiger partial charge in [0.2, 0.25) is 0 Å². The van der Waals surface area contributed by atoms with E-state index >= 15 is 0 Å². The van der Waals surface area contributed by atoms with Crippen LogP contribution in [0.5, 0.6) is 0 Å². The van der Waals surface area contributed by atoms with E-state index in [9.17, 15) is 14.9 Å². The average molecular weight is 292 g/mol. The van der Waals surface area contributed by atoms with Crippen molar-refractivity contribution in [1.82, 2.24) is 5.32 Å². The van der Waals surface area contributed by atoms with Crippen LogP contribution in [0.25, 0.3) is 0 Å². The number of carbonyl (C=O) groups excluding carboxylic acids is 1. The number of amides is 1. The summed E-state index contributed by atoms with van der Waals surface area (Å²) in [6.45, 7) is 0.426. The topological polar surface area (TPSA) is 98.3 Å². The normalized spacial score (nSPS) is 15.6. The van der Waals surface area contributed by atoms with E-state index in [1.54, 1.807) is 0 Å². The summed E-state index contributed by atoms with van der Waals surface area (Å²) in [4.78, 5) is 22.0. The van der Waals surface area contributed by atoms with E-state index in [4.69, 9.17) is 5.73 Å². The van der Waals surface area contributed by atoms with Crippen molar-refractivity contribution >= 4 is 34.7 Å². The zero-order valence-electron chi connectivity index (χ0n) is 9.50. The van der Waals surface area contributed by atoms with Crippen LogP contribution in [0, 0.1) is 16.0 Å². The molecule has 0 aromatic carbocycles. The van der Waals surface area contributed by atoms with E-state index in [-0.39, 0.29) is 29.4 Å². The van der Waals surface area contributed by atoms with E-state index in [1.165, 1.54) is 12.1 Å². The maximum absolute atomic E-state index is 11.6. The van der Waals surface area contributed by atoms with Crippen molar-refractivity contribution < 1.29 is 9.72 Å². The first-order valence-corrected chi connectivity index (χ1v) is 6.17. The van der Waals surface area contributed by atoms with Gasteiger partial charge >= 0.3 is 5.00 Å². The first kappa shape index (κ1) is 14.9. The number of nitrogens with two attached hydrogens (primary N) is 1. The molecule has 0 spiro atoms. The highest BCUT2D eigenvalue weighted by Crippen LogP contribution is 2.31. The van der Waals surface area contributed by atoms with Gasteiger partial charge in [0.05, 0.1) is 9.80 Å². The summed E-state index contributed by atoms with van der Waals surface area (Å²) in [7, 11) is 0. The molecule has 18 heavy (non-hydrogen) atoms. The second kappa shape index (κ2) is 6.12. The van der Waals surface area contributed by atoms with Crippen LogP contribution < -0.4 is 11.1 Å². The Morgan fingerprint density at radius 3 is 2.78 bits per heavy atom. The van der Waals surface area contributed by atoms with Crippen LogP contribution in [0.15, 0.2) is 12.1 Å². The molecule has 0 aliphatic heterocycles. The molecule has 6 nitrogen and oxygen atoms in total. The predicted molar refractivity (Wildman–Crippen MR) is 71.3 cm³/mol. The summed E-state index contributed by atoms with van der Waals surface area (Å²) in [6, 6.07) is 2.79. The van der Waals surface area contributed by atoms with E-state index in [0.717, 1.165) is 24.2 Å². The molecule has 1 fully saturated rings. The van der Waals surface area contributed by atoms with E-state index in [1.807, 2.05) is 0 Å². The molecule has 1 aromatic heterocycles. The fourth-order valence-electron chi connectivity index (χ4n) is 1.54. The smallest absolute Gasteiger partial charge is 0.324 e. The lowest BCUT2D eigenvalue weighted by Gasteiger charge is -2.10. The van der Waals surface area contributed by atoms with Crippen LogP contribution in [0.3, 0.4) is 0 Å². The molecule has 1 unspecified atom stereocenters. The standard InChI is InChI=1S/C10H13N3O3S.ClH/c11-7(6-1-2-6)5-12-10(14)8-3-4-9(17-8)13(15)16;/h3-4,6-7H,1-2,5,11H2,(H,12,14);1H. The van der Waals surface area contributed by atoms with Crippen molar-refractivity contribution in [1.29, 1.82) is 0 Å². The van der Waals surface area contributed by atoms with E-state index in [2.05, 4.69) is 5.32 Å². The molecule has 1 aliphatic carbocycles. The second-order valence-corrected chi connectivity index (χ2v) is 5.17. The minimum absolute atomic E-state index is 0. The fraction of sp³-hybridized carbons (Fsp3) is 0.500. The highest BCUT2D eigenvalue weighted by Gasteiger charge is 2.28. The summed E-state index contributed by atoms with van der Waals surface area (Å²) in [5.41, 5.74) is 5.84. The Bertz CT molecular complexity index is 447. The van der Waals surface area contributed by atoms with Crippen molar-refractivity contribution in [3.05, 3.63) is 27.1 Å².